The summed E-state index contributed by atoms with van der Waals surface area (Å²) in [6, 6.07) is 3.04. The van der Waals surface area contributed by atoms with Gasteiger partial charge in [0.2, 0.25) is 5.78 Å². The molecule has 0 saturated heterocycles. The largest absolute Gasteiger partial charge is 0.461 e. The van der Waals surface area contributed by atoms with Crippen LogP contribution in [0.25, 0.3) is 0 Å². The third-order valence-electron chi connectivity index (χ3n) is 2.49. The molecule has 6 heteroatoms. The van der Waals surface area contributed by atoms with Crippen molar-refractivity contribution in [3.05, 3.63) is 47.0 Å². The van der Waals surface area contributed by atoms with E-state index in [4.69, 9.17) is 21.8 Å². The highest BCUT2D eigenvalue weighted by Crippen LogP contribution is 2.22. The number of rotatable bonds is 3. The number of nitrogens with two attached hydrogens (primary N) is 1. The molecule has 2 rings (SSSR count). The molecule has 2 heterocycles. The minimum atomic E-state index is -0.826. The second kappa shape index (κ2) is 4.62. The molecular weight excluding hydrogens is 256 g/mol. The summed E-state index contributed by atoms with van der Waals surface area (Å²) in [5.41, 5.74) is 6.21. The fraction of sp³-hybridized carbons (Fsp3) is 0.0833. The topological polar surface area (TPSA) is 86.2 Å². The van der Waals surface area contributed by atoms with Gasteiger partial charge in [0, 0.05) is 11.8 Å². The number of carbonyl (C=O) groups excluding carboxylic acids is 2. The van der Waals surface area contributed by atoms with E-state index in [-0.39, 0.29) is 22.7 Å². The lowest BCUT2D eigenvalue weighted by molar-refractivity contribution is 0.0996. The molecule has 92 valence electrons. The van der Waals surface area contributed by atoms with Crippen LogP contribution in [-0.2, 0) is 0 Å². The molecule has 0 aliphatic heterocycles. The molecule has 18 heavy (non-hydrogen) atoms. The lowest BCUT2D eigenvalue weighted by atomic mass is 10.0. The highest BCUT2D eigenvalue weighted by molar-refractivity contribution is 6.68. The van der Waals surface area contributed by atoms with Gasteiger partial charge in [0.15, 0.2) is 5.76 Å². The molecule has 0 fully saturated rings. The van der Waals surface area contributed by atoms with E-state index in [1.165, 1.54) is 18.5 Å². The predicted molar refractivity (Wildman–Crippen MR) is 65.7 cm³/mol. The normalized spacial score (nSPS) is 10.3. The molecule has 0 aliphatic rings. The van der Waals surface area contributed by atoms with Crippen LogP contribution in [0.2, 0.25) is 0 Å². The van der Waals surface area contributed by atoms with Crippen LogP contribution in [0, 0.1) is 6.92 Å². The molecule has 0 amide bonds. The first-order chi connectivity index (χ1) is 8.52. The van der Waals surface area contributed by atoms with Crippen molar-refractivity contribution in [2.24, 2.45) is 0 Å². The first kappa shape index (κ1) is 12.3. The van der Waals surface area contributed by atoms with E-state index in [1.807, 2.05) is 0 Å². The smallest absolute Gasteiger partial charge is 0.256 e. The fourth-order valence-corrected chi connectivity index (χ4v) is 1.80. The maximum atomic E-state index is 12.2. The van der Waals surface area contributed by atoms with Gasteiger partial charge in [-0.1, -0.05) is 0 Å². The maximum Gasteiger partial charge on any atom is 0.256 e. The number of nitrogen functional groups attached to an aromatic ring is 1. The molecule has 0 saturated carbocycles. The van der Waals surface area contributed by atoms with Gasteiger partial charge in [-0.25, -0.2) is 4.98 Å². The SMILES string of the molecule is Cc1ccoc1C(=O)c1ccnc(N)c1C(=O)Cl. The second-order valence-corrected chi connectivity index (χ2v) is 4.00. The van der Waals surface area contributed by atoms with Gasteiger partial charge in [-0.3, -0.25) is 9.59 Å². The standard InChI is InChI=1S/C12H9ClN2O3/c1-6-3-5-18-10(6)9(16)7-2-4-15-12(14)8(7)11(13)17/h2-5H,1H3,(H2,14,15). The molecule has 5 nitrogen and oxygen atoms in total. The van der Waals surface area contributed by atoms with Crippen molar-refractivity contribution in [2.75, 3.05) is 5.73 Å². The lowest BCUT2D eigenvalue weighted by Gasteiger charge is -2.06. The summed E-state index contributed by atoms with van der Waals surface area (Å²) in [5.74, 6) is -0.375. The van der Waals surface area contributed by atoms with Gasteiger partial charge in [0.05, 0.1) is 11.8 Å². The summed E-state index contributed by atoms with van der Waals surface area (Å²) in [6.07, 6.45) is 2.74. The van der Waals surface area contributed by atoms with Gasteiger partial charge >= 0.3 is 0 Å². The van der Waals surface area contributed by atoms with Crippen molar-refractivity contribution in [1.82, 2.24) is 4.98 Å². The number of carbonyl (C=O) groups is 2. The van der Waals surface area contributed by atoms with Crippen LogP contribution < -0.4 is 5.73 Å². The van der Waals surface area contributed by atoms with Crippen LogP contribution in [0.5, 0.6) is 0 Å². The maximum absolute atomic E-state index is 12.2. The molecule has 0 atom stereocenters. The van der Waals surface area contributed by atoms with Crippen LogP contribution >= 0.6 is 11.6 Å². The van der Waals surface area contributed by atoms with Crippen LogP contribution in [0.1, 0.15) is 32.0 Å². The Morgan fingerprint density at radius 2 is 2.11 bits per heavy atom. The van der Waals surface area contributed by atoms with Gasteiger partial charge in [0.1, 0.15) is 5.82 Å². The summed E-state index contributed by atoms with van der Waals surface area (Å²) < 4.78 is 5.09. The number of anilines is 1. The Kier molecular flexibility index (Phi) is 3.16. The highest BCUT2D eigenvalue weighted by atomic mass is 35.5. The number of halogens is 1. The predicted octanol–water partition coefficient (Wildman–Crippen LogP) is 2.18. The summed E-state index contributed by atoms with van der Waals surface area (Å²) in [5, 5.41) is -0.826. The zero-order valence-electron chi connectivity index (χ0n) is 9.44. The van der Waals surface area contributed by atoms with Crippen LogP contribution in [0.4, 0.5) is 5.82 Å². The Labute approximate surface area is 108 Å². The third-order valence-corrected chi connectivity index (χ3v) is 2.68. The average Bonchev–Trinajstić information content (AvgIpc) is 2.73. The van der Waals surface area contributed by atoms with Crippen LogP contribution in [0.15, 0.2) is 29.0 Å². The number of ketones is 1. The van der Waals surface area contributed by atoms with Crippen molar-refractivity contribution >= 4 is 28.4 Å². The molecule has 0 aliphatic carbocycles. The number of nitrogens with zero attached hydrogens (tertiary/aromatic N) is 1. The van der Waals surface area contributed by atoms with Gasteiger partial charge < -0.3 is 10.2 Å². The van der Waals surface area contributed by atoms with Crippen molar-refractivity contribution in [3.8, 4) is 0 Å². The minimum Gasteiger partial charge on any atom is -0.461 e. The van der Waals surface area contributed by atoms with E-state index in [0.717, 1.165) is 0 Å². The Morgan fingerprint density at radius 1 is 1.39 bits per heavy atom. The summed E-state index contributed by atoms with van der Waals surface area (Å²) in [6.45, 7) is 1.73. The first-order valence-corrected chi connectivity index (χ1v) is 5.43. The lowest BCUT2D eigenvalue weighted by Crippen LogP contribution is -2.11. The number of aromatic nitrogens is 1. The zero-order valence-corrected chi connectivity index (χ0v) is 10.2. The quantitative estimate of drug-likeness (QED) is 0.678. The minimum absolute atomic E-state index is 0.0786. The van der Waals surface area contributed by atoms with Crippen molar-refractivity contribution in [1.29, 1.82) is 0 Å². The fourth-order valence-electron chi connectivity index (χ4n) is 1.60. The van der Waals surface area contributed by atoms with E-state index in [2.05, 4.69) is 4.98 Å². The van der Waals surface area contributed by atoms with Crippen molar-refractivity contribution < 1.29 is 14.0 Å². The van der Waals surface area contributed by atoms with E-state index >= 15 is 0 Å². The van der Waals surface area contributed by atoms with Crippen LogP contribution in [0.3, 0.4) is 0 Å². The molecule has 0 aromatic carbocycles. The second-order valence-electron chi connectivity index (χ2n) is 3.65. The van der Waals surface area contributed by atoms with E-state index in [1.54, 1.807) is 13.0 Å². The van der Waals surface area contributed by atoms with Gasteiger partial charge in [-0.2, -0.15) is 0 Å². The Morgan fingerprint density at radius 3 is 2.67 bits per heavy atom. The summed E-state index contributed by atoms with van der Waals surface area (Å²) in [4.78, 5) is 27.3. The molecule has 0 bridgehead atoms. The van der Waals surface area contributed by atoms with E-state index < -0.39 is 11.0 Å². The van der Waals surface area contributed by atoms with E-state index in [9.17, 15) is 9.59 Å². The Hall–Kier alpha value is -2.14. The Balaban J connectivity index is 2.59. The number of furan rings is 1. The number of aryl methyl sites for hydroxylation is 1. The summed E-state index contributed by atoms with van der Waals surface area (Å²) in [7, 11) is 0. The average molecular weight is 265 g/mol. The summed E-state index contributed by atoms with van der Waals surface area (Å²) >= 11 is 5.42. The molecular formula is C12H9ClN2O3. The van der Waals surface area contributed by atoms with Crippen molar-refractivity contribution in [3.63, 3.8) is 0 Å². The molecule has 0 spiro atoms. The molecule has 2 N–H and O–H groups in total. The van der Waals surface area contributed by atoms with Crippen LogP contribution in [-0.4, -0.2) is 16.0 Å². The van der Waals surface area contributed by atoms with E-state index in [0.29, 0.717) is 5.56 Å². The number of hydrogen-bond donors (Lipinski definition) is 1. The number of pyridine rings is 1. The molecule has 0 radical (unpaired) electrons. The molecule has 2 aromatic heterocycles. The van der Waals surface area contributed by atoms with Gasteiger partial charge in [-0.15, -0.1) is 0 Å². The van der Waals surface area contributed by atoms with Gasteiger partial charge in [0.25, 0.3) is 5.24 Å². The first-order valence-electron chi connectivity index (χ1n) is 5.05. The Bertz CT molecular complexity index is 634. The molecule has 2 aromatic rings. The third kappa shape index (κ3) is 2.00. The number of hydrogen-bond acceptors (Lipinski definition) is 5. The van der Waals surface area contributed by atoms with Crippen molar-refractivity contribution in [2.45, 2.75) is 6.92 Å². The zero-order chi connectivity index (χ0) is 13.3. The monoisotopic (exact) mass is 264 g/mol. The van der Waals surface area contributed by atoms with Gasteiger partial charge in [-0.05, 0) is 36.2 Å². The highest BCUT2D eigenvalue weighted by Gasteiger charge is 2.23. The molecule has 0 unspecified atom stereocenters.